The Morgan fingerprint density at radius 1 is 1.15 bits per heavy atom. The van der Waals surface area contributed by atoms with E-state index in [0.717, 1.165) is 37.0 Å². The standard InChI is InChI=1S/C27H37FN2O3S/c1-4-30-15-21(16-30)19-5-6-20(23(28)10-19)11-24-26(2,3)33-25(29-34(24,31)32)14-27-12-17-7-18(13-27)9-22(27)8-17/h5-6,10,17-18,21-22,24H,4,7-9,11-16H2,1-3H3/t17-,18+,22?,24-,27?/m1/s1. The normalized spacial score (nSPS) is 37.9. The van der Waals surface area contributed by atoms with Crippen molar-refractivity contribution in [2.24, 2.45) is 27.6 Å². The largest absolute Gasteiger partial charge is 0.473 e. The first-order chi connectivity index (χ1) is 16.1. The van der Waals surface area contributed by atoms with E-state index in [9.17, 15) is 8.42 Å². The molecule has 7 rings (SSSR count). The number of nitrogens with zero attached hydrogens (tertiary/aromatic N) is 2. The number of hydrogen-bond donors (Lipinski definition) is 0. The summed E-state index contributed by atoms with van der Waals surface area (Å²) in [7, 11) is -3.81. The van der Waals surface area contributed by atoms with Gasteiger partial charge in [-0.25, -0.2) is 12.8 Å². The summed E-state index contributed by atoms with van der Waals surface area (Å²) in [6, 6.07) is 5.31. The lowest BCUT2D eigenvalue weighted by Crippen LogP contribution is -2.50. The van der Waals surface area contributed by atoms with Crippen LogP contribution >= 0.6 is 0 Å². The van der Waals surface area contributed by atoms with Crippen molar-refractivity contribution < 1.29 is 17.5 Å². The molecule has 0 aromatic heterocycles. The molecule has 0 N–H and O–H groups in total. The molecule has 6 aliphatic rings. The molecule has 1 aromatic carbocycles. The lowest BCUT2D eigenvalue weighted by atomic mass is 9.73. The van der Waals surface area contributed by atoms with E-state index in [0.29, 0.717) is 29.7 Å². The van der Waals surface area contributed by atoms with Gasteiger partial charge in [-0.1, -0.05) is 19.1 Å². The van der Waals surface area contributed by atoms with Gasteiger partial charge in [-0.15, -0.1) is 4.40 Å². The Morgan fingerprint density at radius 3 is 2.47 bits per heavy atom. The molecule has 7 heteroatoms. The van der Waals surface area contributed by atoms with Crippen molar-refractivity contribution in [3.05, 3.63) is 35.1 Å². The number of likely N-dealkylation sites (N-methyl/N-ethyl adjacent to an activating group) is 1. The number of likely N-dealkylation sites (tertiary alicyclic amines) is 1. The SMILES string of the molecule is CCN1CC(c2ccc(C[C@@H]3C(C)(C)OC(CC45C[C@@H]6CC4C[C@@H](C6)C5)=NS3(=O)=O)c(F)c2)C1. The second-order valence-corrected chi connectivity index (χ2v) is 14.2. The Labute approximate surface area is 203 Å². The van der Waals surface area contributed by atoms with E-state index in [-0.39, 0.29) is 17.7 Å². The smallest absolute Gasteiger partial charge is 0.263 e. The predicted octanol–water partition coefficient (Wildman–Crippen LogP) is 4.91. The fourth-order valence-electron chi connectivity index (χ4n) is 8.15. The summed E-state index contributed by atoms with van der Waals surface area (Å²) < 4.78 is 52.3. The molecule has 2 unspecified atom stereocenters. The minimum atomic E-state index is -3.81. The molecule has 0 radical (unpaired) electrons. The van der Waals surface area contributed by atoms with Gasteiger partial charge in [0.05, 0.1) is 0 Å². The van der Waals surface area contributed by atoms with Crippen molar-refractivity contribution in [3.63, 3.8) is 0 Å². The molecular weight excluding hydrogens is 451 g/mol. The lowest BCUT2D eigenvalue weighted by Gasteiger charge is -2.40. The van der Waals surface area contributed by atoms with Crippen LogP contribution in [0.3, 0.4) is 0 Å². The number of halogens is 1. The molecule has 5 fully saturated rings. The van der Waals surface area contributed by atoms with Crippen LogP contribution in [0.2, 0.25) is 0 Å². The Morgan fingerprint density at radius 2 is 1.85 bits per heavy atom. The van der Waals surface area contributed by atoms with Gasteiger partial charge in [-0.2, -0.15) is 0 Å². The van der Waals surface area contributed by atoms with Crippen molar-refractivity contribution in [1.82, 2.24) is 4.90 Å². The lowest BCUT2D eigenvalue weighted by molar-refractivity contribution is 0.0710. The van der Waals surface area contributed by atoms with Gasteiger partial charge in [0.1, 0.15) is 16.7 Å². The number of ether oxygens (including phenoxy) is 1. The first kappa shape index (κ1) is 23.0. The third-order valence-electron chi connectivity index (χ3n) is 9.77. The summed E-state index contributed by atoms with van der Waals surface area (Å²) in [4.78, 5) is 2.32. The summed E-state index contributed by atoms with van der Waals surface area (Å²) >= 11 is 0. The Balaban J connectivity index is 1.20. The van der Waals surface area contributed by atoms with E-state index in [4.69, 9.17) is 4.74 Å². The highest BCUT2D eigenvalue weighted by atomic mass is 32.2. The van der Waals surface area contributed by atoms with Crippen molar-refractivity contribution >= 4 is 15.9 Å². The molecule has 5 nitrogen and oxygen atoms in total. The Hall–Kier alpha value is -1.47. The third kappa shape index (κ3) is 3.73. The van der Waals surface area contributed by atoms with Crippen molar-refractivity contribution in [1.29, 1.82) is 0 Å². The average molecular weight is 489 g/mol. The van der Waals surface area contributed by atoms with Gasteiger partial charge in [-0.3, -0.25) is 0 Å². The van der Waals surface area contributed by atoms with Gasteiger partial charge in [0.25, 0.3) is 10.0 Å². The van der Waals surface area contributed by atoms with Crippen molar-refractivity contribution in [3.8, 4) is 0 Å². The number of sulfonamides is 1. The van der Waals surface area contributed by atoms with Crippen molar-refractivity contribution in [2.75, 3.05) is 19.6 Å². The summed E-state index contributed by atoms with van der Waals surface area (Å²) in [5, 5.41) is -0.905. The number of hydrogen-bond acceptors (Lipinski definition) is 4. The van der Waals surface area contributed by atoms with Gasteiger partial charge in [0.15, 0.2) is 0 Å². The van der Waals surface area contributed by atoms with Crippen LogP contribution in [0.25, 0.3) is 0 Å². The molecule has 4 bridgehead atoms. The maximum Gasteiger partial charge on any atom is 0.263 e. The van der Waals surface area contributed by atoms with E-state index < -0.39 is 20.9 Å². The number of rotatable bonds is 6. The zero-order valence-electron chi connectivity index (χ0n) is 20.6. The minimum Gasteiger partial charge on any atom is -0.473 e. The Bertz CT molecular complexity index is 1110. The van der Waals surface area contributed by atoms with Crippen LogP contribution in [-0.4, -0.2) is 49.7 Å². The fraction of sp³-hybridized carbons (Fsp3) is 0.741. The predicted molar refractivity (Wildman–Crippen MR) is 131 cm³/mol. The van der Waals surface area contributed by atoms with Crippen LogP contribution in [0, 0.1) is 29.0 Å². The number of benzene rings is 1. The molecule has 0 spiro atoms. The molecule has 34 heavy (non-hydrogen) atoms. The second kappa shape index (κ2) is 7.76. The zero-order chi connectivity index (χ0) is 23.9. The van der Waals surface area contributed by atoms with E-state index in [1.54, 1.807) is 12.1 Å². The summed E-state index contributed by atoms with van der Waals surface area (Å²) in [6.07, 6.45) is 7.01. The molecule has 1 aromatic rings. The molecule has 2 aliphatic heterocycles. The summed E-state index contributed by atoms with van der Waals surface area (Å²) in [6.45, 7) is 8.68. The molecule has 186 valence electrons. The fourth-order valence-corrected chi connectivity index (χ4v) is 9.82. The molecule has 1 saturated heterocycles. The van der Waals surface area contributed by atoms with Crippen LogP contribution in [0.15, 0.2) is 22.6 Å². The minimum absolute atomic E-state index is 0.0713. The molecule has 0 amide bonds. The van der Waals surface area contributed by atoms with Crippen LogP contribution in [0.4, 0.5) is 4.39 Å². The molecule has 4 aliphatic carbocycles. The summed E-state index contributed by atoms with van der Waals surface area (Å²) in [5.41, 5.74) is 0.641. The quantitative estimate of drug-likeness (QED) is 0.571. The third-order valence-corrected chi connectivity index (χ3v) is 11.7. The molecular formula is C27H37FN2O3S. The molecule has 5 atom stereocenters. The Kier molecular flexibility index (Phi) is 5.24. The van der Waals surface area contributed by atoms with Crippen LogP contribution in [-0.2, 0) is 21.2 Å². The second-order valence-electron chi connectivity index (χ2n) is 12.4. The van der Waals surface area contributed by atoms with Crippen molar-refractivity contribution in [2.45, 2.75) is 82.5 Å². The highest BCUT2D eigenvalue weighted by molar-refractivity contribution is 7.91. The van der Waals surface area contributed by atoms with E-state index in [1.807, 2.05) is 19.9 Å². The van der Waals surface area contributed by atoms with E-state index in [1.165, 1.54) is 32.1 Å². The van der Waals surface area contributed by atoms with E-state index >= 15 is 4.39 Å². The first-order valence-corrected chi connectivity index (χ1v) is 14.6. The molecule has 4 saturated carbocycles. The zero-order valence-corrected chi connectivity index (χ0v) is 21.4. The van der Waals surface area contributed by atoms with Gasteiger partial charge < -0.3 is 9.64 Å². The highest BCUT2D eigenvalue weighted by Crippen LogP contribution is 2.67. The van der Waals surface area contributed by atoms with Gasteiger partial charge in [-0.05, 0) is 99.3 Å². The molecule has 2 heterocycles. The monoisotopic (exact) mass is 488 g/mol. The van der Waals surface area contributed by atoms with Gasteiger partial charge >= 0.3 is 0 Å². The van der Waals surface area contributed by atoms with Gasteiger partial charge in [0, 0.05) is 25.4 Å². The first-order valence-electron chi connectivity index (χ1n) is 13.1. The maximum atomic E-state index is 15.1. The highest BCUT2D eigenvalue weighted by Gasteiger charge is 2.59. The van der Waals surface area contributed by atoms with Crippen LogP contribution < -0.4 is 0 Å². The van der Waals surface area contributed by atoms with Crippen LogP contribution in [0.5, 0.6) is 0 Å². The topological polar surface area (TPSA) is 59.0 Å². The van der Waals surface area contributed by atoms with Gasteiger partial charge in [0.2, 0.25) is 5.90 Å². The van der Waals surface area contributed by atoms with E-state index in [2.05, 4.69) is 16.2 Å². The summed E-state index contributed by atoms with van der Waals surface area (Å²) in [5.74, 6) is 2.71. The van der Waals surface area contributed by atoms with Crippen LogP contribution in [0.1, 0.15) is 76.3 Å². The maximum absolute atomic E-state index is 15.1. The average Bonchev–Trinajstić information content (AvgIpc) is 3.07.